The van der Waals surface area contributed by atoms with Gasteiger partial charge in [0.05, 0.1) is 5.56 Å². The third-order valence-electron chi connectivity index (χ3n) is 1.83. The summed E-state index contributed by atoms with van der Waals surface area (Å²) in [6.07, 6.45) is 0.623. The van der Waals surface area contributed by atoms with Gasteiger partial charge >= 0.3 is 0 Å². The Balaban J connectivity index is 3.16. The van der Waals surface area contributed by atoms with Gasteiger partial charge in [0.2, 0.25) is 8.32 Å². The molecule has 15 heavy (non-hydrogen) atoms. The zero-order chi connectivity index (χ0) is 11.6. The summed E-state index contributed by atoms with van der Waals surface area (Å²) in [7, 11) is -1.77. The molecule has 0 aliphatic heterocycles. The van der Waals surface area contributed by atoms with Gasteiger partial charge in [-0.05, 0) is 44.3 Å². The van der Waals surface area contributed by atoms with E-state index in [1.54, 1.807) is 13.0 Å². The van der Waals surface area contributed by atoms with E-state index in [0.29, 0.717) is 17.6 Å². The number of halogens is 1. The lowest BCUT2D eigenvalue weighted by atomic mass is 10.1. The zero-order valence-corrected chi connectivity index (χ0v) is 10.4. The third kappa shape index (κ3) is 3.16. The van der Waals surface area contributed by atoms with Gasteiger partial charge in [-0.2, -0.15) is 0 Å². The Bertz CT molecular complexity index is 383. The first-order valence-electron chi connectivity index (χ1n) is 4.78. The monoisotopic (exact) mass is 226 g/mol. The molecule has 0 bridgehead atoms. The maximum absolute atomic E-state index is 13.2. The number of carbonyl (C=O) groups is 1. The number of hydrogen-bond acceptors (Lipinski definition) is 2. The van der Waals surface area contributed by atoms with E-state index in [0.717, 1.165) is 0 Å². The molecule has 2 nitrogen and oxygen atoms in total. The zero-order valence-electron chi connectivity index (χ0n) is 9.43. The molecule has 0 aromatic heterocycles. The first kappa shape index (κ1) is 11.9. The molecule has 0 saturated heterocycles. The Morgan fingerprint density at radius 3 is 2.40 bits per heavy atom. The predicted molar refractivity (Wildman–Crippen MR) is 60.5 cm³/mol. The number of rotatable bonds is 3. The molecule has 1 rings (SSSR count). The van der Waals surface area contributed by atoms with Gasteiger partial charge in [-0.15, -0.1) is 0 Å². The summed E-state index contributed by atoms with van der Waals surface area (Å²) in [5.41, 5.74) is 0.773. The van der Waals surface area contributed by atoms with Crippen LogP contribution in [0.2, 0.25) is 19.6 Å². The summed E-state index contributed by atoms with van der Waals surface area (Å²) < 4.78 is 18.9. The van der Waals surface area contributed by atoms with Crippen LogP contribution in [-0.2, 0) is 0 Å². The Morgan fingerprint density at radius 1 is 1.33 bits per heavy atom. The molecule has 0 radical (unpaired) electrons. The Kier molecular flexibility index (Phi) is 3.29. The second-order valence-electron chi connectivity index (χ2n) is 4.47. The fraction of sp³-hybridized carbons (Fsp3) is 0.364. The van der Waals surface area contributed by atoms with Crippen molar-refractivity contribution in [2.24, 2.45) is 0 Å². The number of hydrogen-bond donors (Lipinski definition) is 0. The third-order valence-corrected chi connectivity index (χ3v) is 2.67. The highest BCUT2D eigenvalue weighted by atomic mass is 28.4. The lowest BCUT2D eigenvalue weighted by molar-refractivity contribution is 0.112. The molecule has 4 heteroatoms. The van der Waals surface area contributed by atoms with E-state index in [2.05, 4.69) is 0 Å². The lowest BCUT2D eigenvalue weighted by Crippen LogP contribution is -2.29. The molecule has 0 amide bonds. The van der Waals surface area contributed by atoms with Gasteiger partial charge in [0.25, 0.3) is 0 Å². The van der Waals surface area contributed by atoms with Crippen LogP contribution in [0.1, 0.15) is 15.9 Å². The van der Waals surface area contributed by atoms with Gasteiger partial charge in [0, 0.05) is 0 Å². The lowest BCUT2D eigenvalue weighted by Gasteiger charge is -2.20. The van der Waals surface area contributed by atoms with Crippen molar-refractivity contribution >= 4 is 14.6 Å². The van der Waals surface area contributed by atoms with Gasteiger partial charge in [-0.1, -0.05) is 0 Å². The van der Waals surface area contributed by atoms with E-state index in [1.165, 1.54) is 6.07 Å². The van der Waals surface area contributed by atoms with Crippen molar-refractivity contribution in [1.82, 2.24) is 0 Å². The number of aldehydes is 1. The van der Waals surface area contributed by atoms with Crippen LogP contribution >= 0.6 is 0 Å². The van der Waals surface area contributed by atoms with Crippen LogP contribution in [-0.4, -0.2) is 14.6 Å². The van der Waals surface area contributed by atoms with Gasteiger partial charge < -0.3 is 4.43 Å². The number of carbonyl (C=O) groups excluding carboxylic acids is 1. The Hall–Kier alpha value is -1.16. The summed E-state index contributed by atoms with van der Waals surface area (Å²) in [6.45, 7) is 7.70. The summed E-state index contributed by atoms with van der Waals surface area (Å²) in [4.78, 5) is 10.7. The van der Waals surface area contributed by atoms with E-state index in [-0.39, 0.29) is 11.4 Å². The van der Waals surface area contributed by atoms with E-state index in [1.807, 2.05) is 19.6 Å². The molecule has 82 valence electrons. The van der Waals surface area contributed by atoms with Crippen molar-refractivity contribution in [2.75, 3.05) is 0 Å². The number of benzene rings is 1. The van der Waals surface area contributed by atoms with Gasteiger partial charge in [-0.3, -0.25) is 4.79 Å². The van der Waals surface area contributed by atoms with E-state index in [4.69, 9.17) is 4.43 Å². The topological polar surface area (TPSA) is 26.3 Å². The molecule has 1 aromatic carbocycles. The normalized spacial score (nSPS) is 11.3. The molecule has 0 heterocycles. The molecule has 0 atom stereocenters. The minimum absolute atomic E-state index is 0.278. The predicted octanol–water partition coefficient (Wildman–Crippen LogP) is 3.16. The SMILES string of the molecule is Cc1cc(O[Si](C)(C)C)c(C=O)cc1F. The summed E-state index contributed by atoms with van der Waals surface area (Å²) >= 11 is 0. The molecule has 0 unspecified atom stereocenters. The maximum Gasteiger partial charge on any atom is 0.242 e. The highest BCUT2D eigenvalue weighted by Crippen LogP contribution is 2.24. The van der Waals surface area contributed by atoms with Gasteiger partial charge in [-0.25, -0.2) is 4.39 Å². The summed E-state index contributed by atoms with van der Waals surface area (Å²) in [5, 5.41) is 0. The van der Waals surface area contributed by atoms with Crippen molar-refractivity contribution in [2.45, 2.75) is 26.6 Å². The van der Waals surface area contributed by atoms with E-state index in [9.17, 15) is 9.18 Å². The number of aryl methyl sites for hydroxylation is 1. The van der Waals surface area contributed by atoms with Crippen LogP contribution in [0.25, 0.3) is 0 Å². The van der Waals surface area contributed by atoms with Crippen LogP contribution in [0.3, 0.4) is 0 Å². The molecular weight excluding hydrogens is 211 g/mol. The quantitative estimate of drug-likeness (QED) is 0.584. The van der Waals surface area contributed by atoms with Crippen LogP contribution in [0, 0.1) is 12.7 Å². The molecule has 0 saturated carbocycles. The van der Waals surface area contributed by atoms with Crippen molar-refractivity contribution in [3.05, 3.63) is 29.1 Å². The molecule has 0 aliphatic rings. The highest BCUT2D eigenvalue weighted by molar-refractivity contribution is 6.70. The van der Waals surface area contributed by atoms with Crippen LogP contribution in [0.4, 0.5) is 4.39 Å². The highest BCUT2D eigenvalue weighted by Gasteiger charge is 2.19. The summed E-state index contributed by atoms with van der Waals surface area (Å²) in [6, 6.07) is 2.80. The first-order valence-corrected chi connectivity index (χ1v) is 8.18. The summed E-state index contributed by atoms with van der Waals surface area (Å²) in [5.74, 6) is 0.114. The Labute approximate surface area is 90.2 Å². The van der Waals surface area contributed by atoms with Gasteiger partial charge in [0.1, 0.15) is 11.6 Å². The average molecular weight is 226 g/mol. The van der Waals surface area contributed by atoms with E-state index >= 15 is 0 Å². The second-order valence-corrected chi connectivity index (χ2v) is 8.90. The smallest absolute Gasteiger partial charge is 0.242 e. The molecule has 0 spiro atoms. The van der Waals surface area contributed by atoms with Crippen molar-refractivity contribution < 1.29 is 13.6 Å². The standard InChI is InChI=1S/C11H15FO2Si/c1-8-5-11(14-15(2,3)4)9(7-13)6-10(8)12/h5-7H,1-4H3. The second kappa shape index (κ2) is 4.14. The Morgan fingerprint density at radius 2 is 1.93 bits per heavy atom. The van der Waals surface area contributed by atoms with Crippen molar-refractivity contribution in [1.29, 1.82) is 0 Å². The maximum atomic E-state index is 13.2. The minimum atomic E-state index is -1.77. The average Bonchev–Trinajstić information content (AvgIpc) is 2.08. The molecule has 0 aliphatic carbocycles. The molecule has 1 aromatic rings. The molecular formula is C11H15FO2Si. The van der Waals surface area contributed by atoms with E-state index < -0.39 is 8.32 Å². The molecule has 0 N–H and O–H groups in total. The minimum Gasteiger partial charge on any atom is -0.544 e. The van der Waals surface area contributed by atoms with Gasteiger partial charge in [0.15, 0.2) is 6.29 Å². The fourth-order valence-corrected chi connectivity index (χ4v) is 2.02. The largest absolute Gasteiger partial charge is 0.544 e. The van der Waals surface area contributed by atoms with Crippen LogP contribution in [0.15, 0.2) is 12.1 Å². The van der Waals surface area contributed by atoms with Crippen LogP contribution in [0.5, 0.6) is 5.75 Å². The first-order chi connectivity index (χ1) is 6.83. The van der Waals surface area contributed by atoms with Crippen molar-refractivity contribution in [3.63, 3.8) is 0 Å². The molecule has 0 fully saturated rings. The van der Waals surface area contributed by atoms with Crippen molar-refractivity contribution in [3.8, 4) is 5.75 Å². The fourth-order valence-electron chi connectivity index (χ4n) is 1.18. The van der Waals surface area contributed by atoms with Crippen LogP contribution < -0.4 is 4.43 Å².